The van der Waals surface area contributed by atoms with E-state index in [1.807, 2.05) is 0 Å². The van der Waals surface area contributed by atoms with Crippen molar-refractivity contribution in [2.24, 2.45) is 11.7 Å². The van der Waals surface area contributed by atoms with Gasteiger partial charge in [0.1, 0.15) is 0 Å². The SMILES string of the molecule is CCC(CN)CN(C)CC1CCCO1. The zero-order valence-corrected chi connectivity index (χ0v) is 9.54. The Labute approximate surface area is 87.6 Å². The van der Waals surface area contributed by atoms with Crippen LogP contribution in [0.4, 0.5) is 0 Å². The van der Waals surface area contributed by atoms with Gasteiger partial charge in [-0.1, -0.05) is 13.3 Å². The van der Waals surface area contributed by atoms with Gasteiger partial charge in [0.15, 0.2) is 0 Å². The normalized spacial score (nSPS) is 24.4. The lowest BCUT2D eigenvalue weighted by Crippen LogP contribution is -2.35. The van der Waals surface area contributed by atoms with E-state index in [-0.39, 0.29) is 0 Å². The lowest BCUT2D eigenvalue weighted by molar-refractivity contribution is 0.0768. The monoisotopic (exact) mass is 200 g/mol. The van der Waals surface area contributed by atoms with Crippen molar-refractivity contribution in [3.8, 4) is 0 Å². The molecule has 1 aliphatic rings. The van der Waals surface area contributed by atoms with Crippen LogP contribution in [0.1, 0.15) is 26.2 Å². The average molecular weight is 200 g/mol. The van der Waals surface area contributed by atoms with Crippen molar-refractivity contribution in [3.63, 3.8) is 0 Å². The van der Waals surface area contributed by atoms with E-state index in [2.05, 4.69) is 18.9 Å². The maximum Gasteiger partial charge on any atom is 0.0702 e. The molecular weight excluding hydrogens is 176 g/mol. The molecule has 1 heterocycles. The number of likely N-dealkylation sites (N-methyl/N-ethyl adjacent to an activating group) is 1. The van der Waals surface area contributed by atoms with Crippen LogP contribution in [0.25, 0.3) is 0 Å². The topological polar surface area (TPSA) is 38.5 Å². The summed E-state index contributed by atoms with van der Waals surface area (Å²) in [7, 11) is 2.17. The standard InChI is InChI=1S/C11H24N2O/c1-3-10(7-12)8-13(2)9-11-5-4-6-14-11/h10-11H,3-9,12H2,1-2H3. The van der Waals surface area contributed by atoms with Crippen molar-refractivity contribution in [2.75, 3.05) is 33.3 Å². The molecule has 84 valence electrons. The van der Waals surface area contributed by atoms with E-state index in [1.54, 1.807) is 0 Å². The van der Waals surface area contributed by atoms with Crippen LogP contribution in [-0.4, -0.2) is 44.3 Å². The fraction of sp³-hybridized carbons (Fsp3) is 1.00. The Balaban J connectivity index is 2.16. The molecule has 3 nitrogen and oxygen atoms in total. The van der Waals surface area contributed by atoms with Gasteiger partial charge in [-0.25, -0.2) is 0 Å². The van der Waals surface area contributed by atoms with Gasteiger partial charge in [0.05, 0.1) is 6.10 Å². The Morgan fingerprint density at radius 2 is 2.36 bits per heavy atom. The van der Waals surface area contributed by atoms with E-state index < -0.39 is 0 Å². The molecule has 2 unspecified atom stereocenters. The molecule has 1 fully saturated rings. The van der Waals surface area contributed by atoms with Crippen LogP contribution in [0, 0.1) is 5.92 Å². The summed E-state index contributed by atoms with van der Waals surface area (Å²) in [5.74, 6) is 0.640. The minimum atomic E-state index is 0.468. The summed E-state index contributed by atoms with van der Waals surface area (Å²) in [5.41, 5.74) is 5.68. The van der Waals surface area contributed by atoms with Crippen molar-refractivity contribution in [1.29, 1.82) is 0 Å². The predicted molar refractivity (Wildman–Crippen MR) is 59.3 cm³/mol. The molecule has 0 amide bonds. The maximum absolute atomic E-state index is 5.68. The van der Waals surface area contributed by atoms with E-state index >= 15 is 0 Å². The van der Waals surface area contributed by atoms with Crippen molar-refractivity contribution in [3.05, 3.63) is 0 Å². The van der Waals surface area contributed by atoms with E-state index in [0.29, 0.717) is 12.0 Å². The summed E-state index contributed by atoms with van der Waals surface area (Å²) < 4.78 is 5.60. The second kappa shape index (κ2) is 6.38. The second-order valence-corrected chi connectivity index (χ2v) is 4.37. The number of hydrogen-bond donors (Lipinski definition) is 1. The molecule has 2 N–H and O–H groups in total. The Kier molecular flexibility index (Phi) is 5.45. The second-order valence-electron chi connectivity index (χ2n) is 4.37. The van der Waals surface area contributed by atoms with Crippen molar-refractivity contribution in [2.45, 2.75) is 32.3 Å². The zero-order chi connectivity index (χ0) is 10.4. The summed E-state index contributed by atoms with van der Waals surface area (Å²) in [6.07, 6.45) is 4.10. The summed E-state index contributed by atoms with van der Waals surface area (Å²) in [6, 6.07) is 0. The van der Waals surface area contributed by atoms with E-state index in [1.165, 1.54) is 19.3 Å². The molecule has 2 atom stereocenters. The average Bonchev–Trinajstić information content (AvgIpc) is 2.66. The number of rotatable bonds is 6. The van der Waals surface area contributed by atoms with Crippen LogP contribution < -0.4 is 5.73 Å². The van der Waals surface area contributed by atoms with Gasteiger partial charge in [0.2, 0.25) is 0 Å². The van der Waals surface area contributed by atoms with Crippen LogP contribution in [-0.2, 0) is 4.74 Å². The third-order valence-electron chi connectivity index (χ3n) is 3.02. The Morgan fingerprint density at radius 1 is 1.57 bits per heavy atom. The summed E-state index contributed by atoms with van der Waals surface area (Å²) in [6.45, 7) is 6.12. The fourth-order valence-corrected chi connectivity index (χ4v) is 2.02. The van der Waals surface area contributed by atoms with Crippen molar-refractivity contribution in [1.82, 2.24) is 4.90 Å². The van der Waals surface area contributed by atoms with Crippen LogP contribution in [0.3, 0.4) is 0 Å². The van der Waals surface area contributed by atoms with Gasteiger partial charge in [0, 0.05) is 19.7 Å². The van der Waals surface area contributed by atoms with Crippen molar-refractivity contribution >= 4 is 0 Å². The van der Waals surface area contributed by atoms with Gasteiger partial charge < -0.3 is 15.4 Å². The molecule has 14 heavy (non-hydrogen) atoms. The molecule has 3 heteroatoms. The van der Waals surface area contributed by atoms with Gasteiger partial charge in [-0.2, -0.15) is 0 Å². The highest BCUT2D eigenvalue weighted by atomic mass is 16.5. The van der Waals surface area contributed by atoms with E-state index in [4.69, 9.17) is 10.5 Å². The third-order valence-corrected chi connectivity index (χ3v) is 3.02. The van der Waals surface area contributed by atoms with Gasteiger partial charge in [0.25, 0.3) is 0 Å². The molecule has 0 aromatic heterocycles. The van der Waals surface area contributed by atoms with Crippen molar-refractivity contribution < 1.29 is 4.74 Å². The molecule has 0 aromatic carbocycles. The highest BCUT2D eigenvalue weighted by Gasteiger charge is 2.18. The predicted octanol–water partition coefficient (Wildman–Crippen LogP) is 1.08. The number of ether oxygens (including phenoxy) is 1. The number of nitrogens with zero attached hydrogens (tertiary/aromatic N) is 1. The molecule has 0 radical (unpaired) electrons. The molecule has 0 aromatic rings. The van der Waals surface area contributed by atoms with Crippen LogP contribution in [0.2, 0.25) is 0 Å². The summed E-state index contributed by atoms with van der Waals surface area (Å²) in [5, 5.41) is 0. The molecule has 1 rings (SSSR count). The molecule has 1 saturated heterocycles. The lowest BCUT2D eigenvalue weighted by atomic mass is 10.1. The molecule has 0 saturated carbocycles. The van der Waals surface area contributed by atoms with Gasteiger partial charge in [-0.15, -0.1) is 0 Å². The lowest BCUT2D eigenvalue weighted by Gasteiger charge is -2.24. The smallest absolute Gasteiger partial charge is 0.0702 e. The first-order chi connectivity index (χ1) is 6.76. The van der Waals surface area contributed by atoms with Gasteiger partial charge in [-0.05, 0) is 32.4 Å². The van der Waals surface area contributed by atoms with Gasteiger partial charge in [-0.3, -0.25) is 0 Å². The Morgan fingerprint density at radius 3 is 2.86 bits per heavy atom. The highest BCUT2D eigenvalue weighted by Crippen LogP contribution is 2.13. The minimum absolute atomic E-state index is 0.468. The minimum Gasteiger partial charge on any atom is -0.377 e. The largest absolute Gasteiger partial charge is 0.377 e. The number of nitrogens with two attached hydrogens (primary N) is 1. The third kappa shape index (κ3) is 3.95. The summed E-state index contributed by atoms with van der Waals surface area (Å²) in [4.78, 5) is 2.36. The summed E-state index contributed by atoms with van der Waals surface area (Å²) >= 11 is 0. The Bertz CT molecular complexity index is 138. The molecular formula is C11H24N2O. The zero-order valence-electron chi connectivity index (χ0n) is 9.54. The van der Waals surface area contributed by atoms with Crippen LogP contribution in [0.5, 0.6) is 0 Å². The molecule has 0 bridgehead atoms. The molecule has 1 aliphatic heterocycles. The number of hydrogen-bond acceptors (Lipinski definition) is 3. The van der Waals surface area contributed by atoms with Crippen LogP contribution in [0.15, 0.2) is 0 Å². The van der Waals surface area contributed by atoms with E-state index in [0.717, 1.165) is 26.2 Å². The van der Waals surface area contributed by atoms with Gasteiger partial charge >= 0.3 is 0 Å². The maximum atomic E-state index is 5.68. The first-order valence-electron chi connectivity index (χ1n) is 5.76. The van der Waals surface area contributed by atoms with E-state index in [9.17, 15) is 0 Å². The van der Waals surface area contributed by atoms with Crippen LogP contribution >= 0.6 is 0 Å². The first kappa shape index (κ1) is 12.0. The molecule has 0 aliphatic carbocycles. The first-order valence-corrected chi connectivity index (χ1v) is 5.76. The quantitative estimate of drug-likeness (QED) is 0.697. The highest BCUT2D eigenvalue weighted by molar-refractivity contribution is 4.70. The fourth-order valence-electron chi connectivity index (χ4n) is 2.02. The molecule has 0 spiro atoms. The Hall–Kier alpha value is -0.120.